The van der Waals surface area contributed by atoms with Gasteiger partial charge in [-0.3, -0.25) is 4.98 Å². The smallest absolute Gasteiger partial charge is 0.0650 e. The molecule has 0 aromatic carbocycles. The predicted molar refractivity (Wildman–Crippen MR) is 93.3 cm³/mol. The average Bonchev–Trinajstić information content (AvgIpc) is 2.50. The van der Waals surface area contributed by atoms with Gasteiger partial charge < -0.3 is 4.90 Å². The van der Waals surface area contributed by atoms with Crippen LogP contribution in [0.2, 0.25) is 0 Å². The van der Waals surface area contributed by atoms with Gasteiger partial charge in [0.2, 0.25) is 0 Å². The summed E-state index contributed by atoms with van der Waals surface area (Å²) in [5.74, 6) is 2.57. The van der Waals surface area contributed by atoms with E-state index in [4.69, 9.17) is 11.6 Å². The van der Waals surface area contributed by atoms with E-state index in [-0.39, 0.29) is 0 Å². The molecule has 0 bridgehead atoms. The normalized spacial score (nSPS) is 16.6. The minimum absolute atomic E-state index is 0.502. The molecule has 0 radical (unpaired) electrons. The summed E-state index contributed by atoms with van der Waals surface area (Å²) >= 11 is 7.84. The zero-order valence-electron chi connectivity index (χ0n) is 13.3. The van der Waals surface area contributed by atoms with E-state index in [1.165, 1.54) is 49.1 Å². The van der Waals surface area contributed by atoms with Crippen LogP contribution < -0.4 is 0 Å². The molecule has 0 aliphatic heterocycles. The zero-order chi connectivity index (χ0) is 15.1. The molecule has 0 atom stereocenters. The number of pyridine rings is 1. The van der Waals surface area contributed by atoms with Crippen LogP contribution in [-0.4, -0.2) is 35.8 Å². The van der Waals surface area contributed by atoms with Gasteiger partial charge in [-0.2, -0.15) is 0 Å². The van der Waals surface area contributed by atoms with Crippen molar-refractivity contribution < 1.29 is 0 Å². The van der Waals surface area contributed by atoms with Crippen LogP contribution in [0.4, 0.5) is 0 Å². The first kappa shape index (κ1) is 17.1. The first-order valence-electron chi connectivity index (χ1n) is 8.02. The number of thioether (sulfide) groups is 1. The molecule has 21 heavy (non-hydrogen) atoms. The van der Waals surface area contributed by atoms with Crippen molar-refractivity contribution in [3.05, 3.63) is 23.5 Å². The first-order chi connectivity index (χ1) is 10.2. The van der Waals surface area contributed by atoms with Gasteiger partial charge in [0.25, 0.3) is 0 Å². The largest absolute Gasteiger partial charge is 0.305 e. The summed E-state index contributed by atoms with van der Waals surface area (Å²) in [7, 11) is 2.26. The van der Waals surface area contributed by atoms with Crippen molar-refractivity contribution >= 4 is 23.4 Å². The summed E-state index contributed by atoms with van der Waals surface area (Å²) in [6.07, 6.45) is 9.05. The van der Waals surface area contributed by atoms with Crippen molar-refractivity contribution in [2.45, 2.75) is 49.8 Å². The van der Waals surface area contributed by atoms with Gasteiger partial charge in [-0.1, -0.05) is 19.3 Å². The van der Waals surface area contributed by atoms with Gasteiger partial charge >= 0.3 is 0 Å². The quantitative estimate of drug-likeness (QED) is 0.532. The number of hydrogen-bond acceptors (Lipinski definition) is 3. The van der Waals surface area contributed by atoms with Crippen LogP contribution in [0.3, 0.4) is 0 Å². The van der Waals surface area contributed by atoms with Gasteiger partial charge in [0.1, 0.15) is 0 Å². The Morgan fingerprint density at radius 3 is 2.81 bits per heavy atom. The van der Waals surface area contributed by atoms with E-state index in [9.17, 15) is 0 Å². The highest BCUT2D eigenvalue weighted by Crippen LogP contribution is 2.26. The van der Waals surface area contributed by atoms with Crippen molar-refractivity contribution in [1.29, 1.82) is 0 Å². The van der Waals surface area contributed by atoms with E-state index in [0.29, 0.717) is 5.88 Å². The van der Waals surface area contributed by atoms with E-state index in [2.05, 4.69) is 29.9 Å². The molecule has 0 amide bonds. The van der Waals surface area contributed by atoms with Crippen LogP contribution in [0.15, 0.2) is 17.2 Å². The molecule has 0 N–H and O–H groups in total. The van der Waals surface area contributed by atoms with Gasteiger partial charge in [-0.15, -0.1) is 23.4 Å². The summed E-state index contributed by atoms with van der Waals surface area (Å²) in [6.45, 7) is 4.54. The van der Waals surface area contributed by atoms with Crippen molar-refractivity contribution in [3.63, 3.8) is 0 Å². The summed E-state index contributed by atoms with van der Waals surface area (Å²) in [6, 6.07) is 2.11. The maximum atomic E-state index is 5.92. The summed E-state index contributed by atoms with van der Waals surface area (Å²) in [4.78, 5) is 8.15. The van der Waals surface area contributed by atoms with E-state index in [0.717, 1.165) is 23.9 Å². The Labute approximate surface area is 138 Å². The van der Waals surface area contributed by atoms with E-state index >= 15 is 0 Å². The van der Waals surface area contributed by atoms with E-state index in [1.807, 2.05) is 18.0 Å². The second kappa shape index (κ2) is 9.02. The molecule has 1 fully saturated rings. The highest BCUT2D eigenvalue weighted by Gasteiger charge is 2.15. The van der Waals surface area contributed by atoms with Crippen molar-refractivity contribution in [2.24, 2.45) is 5.92 Å². The lowest BCUT2D eigenvalue weighted by Gasteiger charge is -2.26. The molecule has 1 saturated carbocycles. The maximum Gasteiger partial charge on any atom is 0.0650 e. The lowest BCUT2D eigenvalue weighted by atomic mass is 9.89. The maximum absolute atomic E-state index is 5.92. The monoisotopic (exact) mass is 326 g/mol. The average molecular weight is 327 g/mol. The van der Waals surface area contributed by atoms with E-state index in [1.54, 1.807) is 0 Å². The number of alkyl halides is 1. The van der Waals surface area contributed by atoms with Gasteiger partial charge in [0, 0.05) is 29.9 Å². The van der Waals surface area contributed by atoms with Crippen LogP contribution in [0, 0.1) is 12.8 Å². The fraction of sp³-hybridized carbons (Fsp3) is 0.706. The van der Waals surface area contributed by atoms with Crippen molar-refractivity contribution in [1.82, 2.24) is 9.88 Å². The Morgan fingerprint density at radius 2 is 2.10 bits per heavy atom. The Balaban J connectivity index is 1.73. The molecule has 2 rings (SSSR count). The molecule has 1 heterocycles. The summed E-state index contributed by atoms with van der Waals surface area (Å²) < 4.78 is 0. The van der Waals surface area contributed by atoms with Crippen LogP contribution in [0.1, 0.15) is 43.4 Å². The first-order valence-corrected chi connectivity index (χ1v) is 9.54. The fourth-order valence-corrected chi connectivity index (χ4v) is 4.45. The standard InChI is InChI=1S/C17H27ClN2S/c1-14-16(12-18)19-9-8-17(14)21-11-10-20(2)13-15-6-4-3-5-7-15/h8-9,15H,3-7,10-13H2,1-2H3. The summed E-state index contributed by atoms with van der Waals surface area (Å²) in [5.41, 5.74) is 2.25. The van der Waals surface area contributed by atoms with Gasteiger partial charge in [-0.25, -0.2) is 0 Å². The molecular weight excluding hydrogens is 300 g/mol. The number of hydrogen-bond donors (Lipinski definition) is 0. The van der Waals surface area contributed by atoms with Gasteiger partial charge in [-0.05, 0) is 44.4 Å². The predicted octanol–water partition coefficient (Wildman–Crippen LogP) is 4.73. The second-order valence-electron chi connectivity index (χ2n) is 6.13. The molecule has 1 aliphatic carbocycles. The minimum atomic E-state index is 0.502. The molecule has 1 aromatic heterocycles. The van der Waals surface area contributed by atoms with Gasteiger partial charge in [0.05, 0.1) is 11.6 Å². The molecule has 0 saturated heterocycles. The third-order valence-corrected chi connectivity index (χ3v) is 5.80. The molecule has 4 heteroatoms. The third-order valence-electron chi connectivity index (χ3n) is 4.41. The Bertz CT molecular complexity index is 433. The molecular formula is C17H27ClN2S. The lowest BCUT2D eigenvalue weighted by molar-refractivity contribution is 0.242. The molecule has 0 spiro atoms. The topological polar surface area (TPSA) is 16.1 Å². The third kappa shape index (κ3) is 5.46. The van der Waals surface area contributed by atoms with Crippen molar-refractivity contribution in [3.8, 4) is 0 Å². The zero-order valence-corrected chi connectivity index (χ0v) is 14.8. The van der Waals surface area contributed by atoms with Crippen LogP contribution in [-0.2, 0) is 5.88 Å². The van der Waals surface area contributed by atoms with Crippen LogP contribution in [0.5, 0.6) is 0 Å². The van der Waals surface area contributed by atoms with Crippen LogP contribution in [0.25, 0.3) is 0 Å². The number of halogens is 1. The SMILES string of the molecule is Cc1c(SCCN(C)CC2CCCCC2)ccnc1CCl. The summed E-state index contributed by atoms with van der Waals surface area (Å²) in [5, 5.41) is 0. The Kier molecular flexibility index (Phi) is 7.35. The Hall–Kier alpha value is -0.250. The molecule has 1 aliphatic rings. The molecule has 118 valence electrons. The molecule has 0 unspecified atom stereocenters. The number of rotatable bonds is 7. The lowest BCUT2D eigenvalue weighted by Crippen LogP contribution is -2.28. The van der Waals surface area contributed by atoms with E-state index < -0.39 is 0 Å². The second-order valence-corrected chi connectivity index (χ2v) is 7.53. The molecule has 1 aromatic rings. The number of aromatic nitrogens is 1. The highest BCUT2D eigenvalue weighted by molar-refractivity contribution is 7.99. The number of nitrogens with zero attached hydrogens (tertiary/aromatic N) is 2. The molecule has 2 nitrogen and oxygen atoms in total. The van der Waals surface area contributed by atoms with Crippen molar-refractivity contribution in [2.75, 3.05) is 25.9 Å². The van der Waals surface area contributed by atoms with Gasteiger partial charge in [0.15, 0.2) is 0 Å². The highest BCUT2D eigenvalue weighted by atomic mass is 35.5. The van der Waals surface area contributed by atoms with Crippen LogP contribution >= 0.6 is 23.4 Å². The fourth-order valence-electron chi connectivity index (χ4n) is 3.06. The Morgan fingerprint density at radius 1 is 1.33 bits per heavy atom. The minimum Gasteiger partial charge on any atom is -0.305 e.